The normalized spacial score (nSPS) is 11.5. The van der Waals surface area contributed by atoms with Gasteiger partial charge in [-0.15, -0.1) is 0 Å². The molecule has 0 heterocycles. The smallest absolute Gasteiger partial charge is 0.0546 e. The Morgan fingerprint density at radius 1 is 0.245 bits per heavy atom. The average Bonchev–Trinajstić information content (AvgIpc) is 0.744. The fraction of sp³-hybridized carbons (Fsp3) is 0.0588. The lowest BCUT2D eigenvalue weighted by atomic mass is 9.78. The van der Waals surface area contributed by atoms with Gasteiger partial charge in [-0.25, -0.2) is 0 Å². The first-order valence-electron chi connectivity index (χ1n) is 36.6. The van der Waals surface area contributed by atoms with Crippen LogP contribution in [0.3, 0.4) is 0 Å². The second-order valence-corrected chi connectivity index (χ2v) is 28.1. The number of rotatable bonds is 21. The van der Waals surface area contributed by atoms with E-state index in [1.54, 1.807) is 0 Å². The first kappa shape index (κ1) is 67.2. The first-order chi connectivity index (χ1) is 52.1. The third-order valence-corrected chi connectivity index (χ3v) is 20.4. The van der Waals surface area contributed by atoms with Gasteiger partial charge in [0, 0.05) is 67.9 Å². The van der Waals surface area contributed by atoms with Crippen molar-refractivity contribution < 1.29 is 0 Å². The maximum absolute atomic E-state index is 2.45. The standard InChI is InChI=1S/C102H82N4/c1-74-22-21-32-96(70-74)105(91-59-44-78(45-60-91)38-36-76-40-48-80(49-41-76)82-52-63-92(64-53-82)103(87-24-9-5-10-25-87)88-26-11-6-12-27-88)94-68-57-86(58-69-94)102(3,4)73-85-56-67-97(71-75(85)2)106(101-72-84-23-17-18-33-98(84)99-34-19-20-35-100(99)101)95-61-46-79(47-62-95)39-37-77-42-50-81(51-43-77)83-54-65-93(66-55-83)104(89-28-13-7-14-29-89)90-30-15-8-16-31-90/h5-72H,73H2,1-4H3. The van der Waals surface area contributed by atoms with Crippen molar-refractivity contribution in [3.05, 3.63) is 433 Å². The maximum atomic E-state index is 2.45. The fourth-order valence-electron chi connectivity index (χ4n) is 14.8. The zero-order chi connectivity index (χ0) is 71.8. The molecule has 0 aliphatic heterocycles. The Morgan fingerprint density at radius 3 is 0.981 bits per heavy atom. The van der Waals surface area contributed by atoms with Gasteiger partial charge in [0.15, 0.2) is 0 Å². The van der Waals surface area contributed by atoms with E-state index in [-0.39, 0.29) is 5.41 Å². The van der Waals surface area contributed by atoms with Crippen LogP contribution in [0.2, 0.25) is 0 Å². The molecule has 4 heteroatoms. The number of hydrogen-bond donors (Lipinski definition) is 0. The predicted octanol–water partition coefficient (Wildman–Crippen LogP) is 28.7. The van der Waals surface area contributed by atoms with Crippen LogP contribution >= 0.6 is 0 Å². The van der Waals surface area contributed by atoms with Crippen molar-refractivity contribution in [2.75, 3.05) is 19.6 Å². The molecule has 4 nitrogen and oxygen atoms in total. The number of benzene rings is 16. The molecule has 0 N–H and O–H groups in total. The molecule has 0 aliphatic rings. The summed E-state index contributed by atoms with van der Waals surface area (Å²) in [5.74, 6) is 0. The second kappa shape index (κ2) is 30.3. The number of aryl methyl sites for hydroxylation is 2. The maximum Gasteiger partial charge on any atom is 0.0546 e. The molecule has 106 heavy (non-hydrogen) atoms. The molecule has 0 saturated carbocycles. The van der Waals surface area contributed by atoms with E-state index >= 15 is 0 Å². The minimum atomic E-state index is -0.173. The molecule has 0 spiro atoms. The van der Waals surface area contributed by atoms with Gasteiger partial charge < -0.3 is 19.6 Å². The molecule has 0 fully saturated rings. The zero-order valence-electron chi connectivity index (χ0n) is 60.3. The Labute approximate surface area is 624 Å². The van der Waals surface area contributed by atoms with Gasteiger partial charge in [-0.3, -0.25) is 0 Å². The molecule has 16 rings (SSSR count). The second-order valence-electron chi connectivity index (χ2n) is 28.1. The Hall–Kier alpha value is -13.3. The largest absolute Gasteiger partial charge is 0.311 e. The van der Waals surface area contributed by atoms with Crippen molar-refractivity contribution in [1.29, 1.82) is 0 Å². The summed E-state index contributed by atoms with van der Waals surface area (Å²) >= 11 is 0. The van der Waals surface area contributed by atoms with E-state index in [0.717, 1.165) is 96.9 Å². The lowest BCUT2D eigenvalue weighted by Gasteiger charge is -2.30. The highest BCUT2D eigenvalue weighted by Gasteiger charge is 2.25. The van der Waals surface area contributed by atoms with Gasteiger partial charge in [0.25, 0.3) is 0 Å². The highest BCUT2D eigenvalue weighted by molar-refractivity contribution is 6.14. The molecule has 0 atom stereocenters. The number of hydrogen-bond acceptors (Lipinski definition) is 4. The van der Waals surface area contributed by atoms with Gasteiger partial charge in [0.2, 0.25) is 0 Å². The highest BCUT2D eigenvalue weighted by atomic mass is 15.2. The van der Waals surface area contributed by atoms with Crippen LogP contribution in [0.15, 0.2) is 388 Å². The van der Waals surface area contributed by atoms with E-state index < -0.39 is 0 Å². The van der Waals surface area contributed by atoms with Crippen LogP contribution in [0.1, 0.15) is 58.4 Å². The van der Waals surface area contributed by atoms with Gasteiger partial charge in [-0.05, 0) is 248 Å². The van der Waals surface area contributed by atoms with E-state index in [4.69, 9.17) is 0 Å². The molecular formula is C102H82N4. The van der Waals surface area contributed by atoms with Crippen LogP contribution in [0, 0.1) is 13.8 Å². The topological polar surface area (TPSA) is 13.0 Å². The average molecular weight is 1360 g/mol. The summed E-state index contributed by atoms with van der Waals surface area (Å²) in [6, 6.07) is 141. The van der Waals surface area contributed by atoms with Gasteiger partial charge in [-0.1, -0.05) is 287 Å². The third-order valence-electron chi connectivity index (χ3n) is 20.4. The Morgan fingerprint density at radius 2 is 0.557 bits per heavy atom. The third kappa shape index (κ3) is 14.7. The SMILES string of the molecule is Cc1cccc(N(c2ccc(C=Cc3ccc(-c4ccc(N(c5ccccc5)c5ccccc5)cc4)cc3)cc2)c2ccc(C(C)(C)Cc3ccc(N(c4ccc(C=Cc5ccc(-c6ccc(N(c7ccccc7)c7ccccc7)cc6)cc5)cc4)c4cc5ccccc5c5ccccc45)cc3C)cc2)c1. The van der Waals surface area contributed by atoms with Crippen molar-refractivity contribution in [2.24, 2.45) is 0 Å². The van der Waals surface area contributed by atoms with Crippen molar-refractivity contribution >= 4 is 114 Å². The van der Waals surface area contributed by atoms with Gasteiger partial charge >= 0.3 is 0 Å². The molecule has 0 unspecified atom stereocenters. The van der Waals surface area contributed by atoms with Crippen molar-refractivity contribution in [2.45, 2.75) is 39.5 Å². The van der Waals surface area contributed by atoms with Crippen molar-refractivity contribution in [3.63, 3.8) is 0 Å². The van der Waals surface area contributed by atoms with Gasteiger partial charge in [0.1, 0.15) is 0 Å². The fourth-order valence-corrected chi connectivity index (χ4v) is 14.8. The Bertz CT molecular complexity index is 5640. The van der Waals surface area contributed by atoms with Crippen molar-refractivity contribution in [3.8, 4) is 22.3 Å². The lowest BCUT2D eigenvalue weighted by molar-refractivity contribution is 0.521. The Kier molecular flexibility index (Phi) is 19.2. The summed E-state index contributed by atoms with van der Waals surface area (Å²) in [7, 11) is 0. The van der Waals surface area contributed by atoms with Gasteiger partial charge in [0.05, 0.1) is 5.69 Å². The van der Waals surface area contributed by atoms with Crippen molar-refractivity contribution in [1.82, 2.24) is 0 Å². The van der Waals surface area contributed by atoms with Crippen LogP contribution < -0.4 is 19.6 Å². The van der Waals surface area contributed by atoms with E-state index in [0.29, 0.717) is 0 Å². The number of fused-ring (bicyclic) bond motifs is 3. The molecule has 0 bridgehead atoms. The molecule has 0 amide bonds. The predicted molar refractivity (Wildman–Crippen MR) is 454 cm³/mol. The van der Waals surface area contributed by atoms with E-state index in [1.165, 1.54) is 66.1 Å². The molecule has 510 valence electrons. The summed E-state index contributed by atoms with van der Waals surface area (Å²) in [6.45, 7) is 9.21. The Balaban J connectivity index is 0.613. The number of nitrogens with zero attached hydrogens (tertiary/aromatic N) is 4. The molecule has 0 aliphatic carbocycles. The number of para-hydroxylation sites is 4. The minimum absolute atomic E-state index is 0.173. The molecule has 0 radical (unpaired) electrons. The summed E-state index contributed by atoms with van der Waals surface area (Å²) in [6.07, 6.45) is 9.69. The van der Waals surface area contributed by atoms with Crippen LogP contribution in [-0.4, -0.2) is 0 Å². The van der Waals surface area contributed by atoms with E-state index in [2.05, 4.69) is 460 Å². The van der Waals surface area contributed by atoms with Gasteiger partial charge in [-0.2, -0.15) is 0 Å². The minimum Gasteiger partial charge on any atom is -0.311 e. The molecule has 16 aromatic rings. The molecular weight excluding hydrogens is 1280 g/mol. The summed E-state index contributed by atoms with van der Waals surface area (Å²) in [5.41, 5.74) is 27.6. The van der Waals surface area contributed by atoms with E-state index in [9.17, 15) is 0 Å². The zero-order valence-corrected chi connectivity index (χ0v) is 60.3. The molecule has 16 aromatic carbocycles. The van der Waals surface area contributed by atoms with Crippen LogP contribution in [-0.2, 0) is 11.8 Å². The number of anilines is 12. The summed E-state index contributed by atoms with van der Waals surface area (Å²) < 4.78 is 0. The first-order valence-corrected chi connectivity index (χ1v) is 36.6. The van der Waals surface area contributed by atoms with E-state index in [1.807, 2.05) is 0 Å². The lowest BCUT2D eigenvalue weighted by Crippen LogP contribution is -2.21. The quantitative estimate of drug-likeness (QED) is 0.0525. The molecule has 0 saturated heterocycles. The summed E-state index contributed by atoms with van der Waals surface area (Å²) in [4.78, 5) is 9.41. The highest BCUT2D eigenvalue weighted by Crippen LogP contribution is 2.45. The van der Waals surface area contributed by atoms with Crippen LogP contribution in [0.4, 0.5) is 68.2 Å². The molecule has 0 aromatic heterocycles. The summed E-state index contributed by atoms with van der Waals surface area (Å²) in [5, 5.41) is 4.90. The van der Waals surface area contributed by atoms with Crippen LogP contribution in [0.5, 0.6) is 0 Å². The monoisotopic (exact) mass is 1360 g/mol. The van der Waals surface area contributed by atoms with Crippen LogP contribution in [0.25, 0.3) is 68.1 Å².